The largest absolute Gasteiger partial charge is 0.393 e. The van der Waals surface area contributed by atoms with Crippen LogP contribution in [0.2, 0.25) is 5.02 Å². The van der Waals surface area contributed by atoms with E-state index in [9.17, 15) is 0 Å². The van der Waals surface area contributed by atoms with E-state index in [4.69, 9.17) is 17.3 Å². The number of aromatic nitrogens is 2. The van der Waals surface area contributed by atoms with Crippen molar-refractivity contribution in [3.63, 3.8) is 0 Å². The zero-order chi connectivity index (χ0) is 15.1. The van der Waals surface area contributed by atoms with Crippen molar-refractivity contribution in [3.05, 3.63) is 41.2 Å². The smallest absolute Gasteiger partial charge is 0.155 e. The lowest BCUT2D eigenvalue weighted by Crippen LogP contribution is -2.10. The second-order valence-corrected chi connectivity index (χ2v) is 5.18. The number of benzene rings is 1. The molecule has 0 bridgehead atoms. The molecule has 0 saturated carbocycles. The number of hydrogen-bond acceptors (Lipinski definition) is 5. The molecule has 2 aromatic rings. The van der Waals surface area contributed by atoms with Crippen molar-refractivity contribution in [1.29, 1.82) is 0 Å². The van der Waals surface area contributed by atoms with E-state index in [2.05, 4.69) is 27.5 Å². The van der Waals surface area contributed by atoms with Gasteiger partial charge < -0.3 is 16.4 Å². The van der Waals surface area contributed by atoms with Gasteiger partial charge in [-0.3, -0.25) is 0 Å². The van der Waals surface area contributed by atoms with Gasteiger partial charge in [-0.2, -0.15) is 0 Å². The monoisotopic (exact) mass is 305 g/mol. The molecule has 4 N–H and O–H groups in total. The summed E-state index contributed by atoms with van der Waals surface area (Å²) in [5.74, 6) is 1.32. The summed E-state index contributed by atoms with van der Waals surface area (Å²) in [6, 6.07) is 7.65. The van der Waals surface area contributed by atoms with Gasteiger partial charge in [-0.15, -0.1) is 0 Å². The van der Waals surface area contributed by atoms with Gasteiger partial charge in [0.2, 0.25) is 0 Å². The first-order chi connectivity index (χ1) is 10.2. The maximum absolute atomic E-state index is 6.08. The number of nitrogens with zero attached hydrogens (tertiary/aromatic N) is 2. The van der Waals surface area contributed by atoms with Gasteiger partial charge in [0.1, 0.15) is 12.0 Å². The topological polar surface area (TPSA) is 75.9 Å². The predicted molar refractivity (Wildman–Crippen MR) is 88.6 cm³/mol. The van der Waals surface area contributed by atoms with Gasteiger partial charge in [-0.05, 0) is 24.1 Å². The maximum Gasteiger partial charge on any atom is 0.155 e. The number of nitrogens with two attached hydrogens (primary N) is 1. The van der Waals surface area contributed by atoms with E-state index < -0.39 is 0 Å². The molecule has 5 nitrogen and oxygen atoms in total. The molecule has 0 saturated heterocycles. The third kappa shape index (κ3) is 4.49. The van der Waals surface area contributed by atoms with Crippen LogP contribution in [0, 0.1) is 0 Å². The zero-order valence-corrected chi connectivity index (χ0v) is 12.8. The highest BCUT2D eigenvalue weighted by molar-refractivity contribution is 6.30. The van der Waals surface area contributed by atoms with Gasteiger partial charge in [0.05, 0.1) is 0 Å². The van der Waals surface area contributed by atoms with Crippen LogP contribution >= 0.6 is 11.6 Å². The van der Waals surface area contributed by atoms with Crippen molar-refractivity contribution in [3.8, 4) is 0 Å². The highest BCUT2D eigenvalue weighted by Gasteiger charge is 2.07. The third-order valence-corrected chi connectivity index (χ3v) is 3.33. The minimum Gasteiger partial charge on any atom is -0.393 e. The van der Waals surface area contributed by atoms with Gasteiger partial charge in [0.15, 0.2) is 11.6 Å². The molecule has 112 valence electrons. The Kier molecular flexibility index (Phi) is 5.63. The van der Waals surface area contributed by atoms with Crippen LogP contribution in [0.5, 0.6) is 0 Å². The fourth-order valence-corrected chi connectivity index (χ4v) is 1.97. The lowest BCUT2D eigenvalue weighted by Gasteiger charge is -2.12. The summed E-state index contributed by atoms with van der Waals surface area (Å²) in [6.07, 6.45) is 3.71. The van der Waals surface area contributed by atoms with Crippen LogP contribution < -0.4 is 16.4 Å². The Morgan fingerprint density at radius 1 is 1.10 bits per heavy atom. The summed E-state index contributed by atoms with van der Waals surface area (Å²) in [4.78, 5) is 8.36. The van der Waals surface area contributed by atoms with Crippen molar-refractivity contribution in [1.82, 2.24) is 9.97 Å². The van der Waals surface area contributed by atoms with Crippen molar-refractivity contribution in [2.45, 2.75) is 26.3 Å². The molecule has 0 aliphatic carbocycles. The molecule has 2 rings (SSSR count). The first-order valence-corrected chi connectivity index (χ1v) is 7.41. The lowest BCUT2D eigenvalue weighted by molar-refractivity contribution is 0.830. The van der Waals surface area contributed by atoms with Crippen molar-refractivity contribution in [2.75, 3.05) is 22.9 Å². The first-order valence-electron chi connectivity index (χ1n) is 7.03. The molecule has 1 aromatic heterocycles. The summed E-state index contributed by atoms with van der Waals surface area (Å²) >= 11 is 5.87. The SMILES string of the molecule is CCCCNc1ncnc(NCc2ccc(Cl)cc2)c1N. The van der Waals surface area contributed by atoms with E-state index in [-0.39, 0.29) is 0 Å². The molecule has 1 aromatic carbocycles. The number of halogens is 1. The Hall–Kier alpha value is -2.01. The average Bonchev–Trinajstić information content (AvgIpc) is 2.49. The fourth-order valence-electron chi connectivity index (χ4n) is 1.85. The average molecular weight is 306 g/mol. The van der Waals surface area contributed by atoms with Crippen molar-refractivity contribution in [2.24, 2.45) is 0 Å². The molecule has 0 atom stereocenters. The van der Waals surface area contributed by atoms with Gasteiger partial charge >= 0.3 is 0 Å². The van der Waals surface area contributed by atoms with E-state index in [1.54, 1.807) is 0 Å². The molecule has 0 aliphatic heterocycles. The van der Waals surface area contributed by atoms with Crippen LogP contribution in [0.15, 0.2) is 30.6 Å². The first kappa shape index (κ1) is 15.4. The van der Waals surface area contributed by atoms with Crippen LogP contribution in [-0.2, 0) is 6.54 Å². The Morgan fingerprint density at radius 3 is 2.43 bits per heavy atom. The van der Waals surface area contributed by atoms with Gasteiger partial charge in [0.25, 0.3) is 0 Å². The van der Waals surface area contributed by atoms with E-state index in [0.29, 0.717) is 23.9 Å². The molecule has 0 aliphatic rings. The zero-order valence-electron chi connectivity index (χ0n) is 12.1. The predicted octanol–water partition coefficient (Wildman–Crippen LogP) is 3.54. The highest BCUT2D eigenvalue weighted by atomic mass is 35.5. The molecule has 21 heavy (non-hydrogen) atoms. The maximum atomic E-state index is 6.08. The van der Waals surface area contributed by atoms with Crippen molar-refractivity contribution < 1.29 is 0 Å². The molecule has 0 fully saturated rings. The second kappa shape index (κ2) is 7.69. The highest BCUT2D eigenvalue weighted by Crippen LogP contribution is 2.23. The van der Waals surface area contributed by atoms with Crippen LogP contribution in [0.4, 0.5) is 17.3 Å². The molecular weight excluding hydrogens is 286 g/mol. The van der Waals surface area contributed by atoms with Crippen LogP contribution in [0.25, 0.3) is 0 Å². The quantitative estimate of drug-likeness (QED) is 0.682. The van der Waals surface area contributed by atoms with Gasteiger partial charge in [-0.1, -0.05) is 37.1 Å². The summed E-state index contributed by atoms with van der Waals surface area (Å²) < 4.78 is 0. The van der Waals surface area contributed by atoms with Gasteiger partial charge in [0, 0.05) is 18.1 Å². The molecular formula is C15H20ClN5. The standard InChI is InChI=1S/C15H20ClN5/c1-2-3-8-18-14-13(17)15(21-10-20-14)19-9-11-4-6-12(16)7-5-11/h4-7,10H,2-3,8-9,17H2,1H3,(H2,18,19,20,21). The summed E-state index contributed by atoms with van der Waals surface area (Å²) in [6.45, 7) is 3.63. The van der Waals surface area contributed by atoms with E-state index in [1.165, 1.54) is 6.33 Å². The Labute approximate surface area is 129 Å². The van der Waals surface area contributed by atoms with E-state index in [1.807, 2.05) is 24.3 Å². The minimum atomic E-state index is 0.544. The summed E-state index contributed by atoms with van der Waals surface area (Å²) in [5.41, 5.74) is 7.74. The van der Waals surface area contributed by atoms with Crippen LogP contribution in [0.1, 0.15) is 25.3 Å². The number of nitrogen functional groups attached to an aromatic ring is 1. The molecule has 0 radical (unpaired) electrons. The number of unbranched alkanes of at least 4 members (excludes halogenated alkanes) is 1. The molecule has 1 heterocycles. The molecule has 0 spiro atoms. The number of nitrogens with one attached hydrogen (secondary N) is 2. The minimum absolute atomic E-state index is 0.544. The molecule has 0 amide bonds. The van der Waals surface area contributed by atoms with Gasteiger partial charge in [-0.25, -0.2) is 9.97 Å². The van der Waals surface area contributed by atoms with Crippen LogP contribution in [-0.4, -0.2) is 16.5 Å². The lowest BCUT2D eigenvalue weighted by atomic mass is 10.2. The summed E-state index contributed by atoms with van der Waals surface area (Å²) in [7, 11) is 0. The van der Waals surface area contributed by atoms with E-state index in [0.717, 1.165) is 30.0 Å². The van der Waals surface area contributed by atoms with E-state index >= 15 is 0 Å². The van der Waals surface area contributed by atoms with Crippen LogP contribution in [0.3, 0.4) is 0 Å². The Bertz CT molecular complexity index is 571. The molecule has 6 heteroatoms. The second-order valence-electron chi connectivity index (χ2n) is 4.74. The number of anilines is 3. The fraction of sp³-hybridized carbons (Fsp3) is 0.333. The number of hydrogen-bond donors (Lipinski definition) is 3. The Balaban J connectivity index is 1.99. The molecule has 0 unspecified atom stereocenters. The van der Waals surface area contributed by atoms with Crippen molar-refractivity contribution >= 4 is 28.9 Å². The normalized spacial score (nSPS) is 10.4. The number of rotatable bonds is 7. The summed E-state index contributed by atoms with van der Waals surface area (Å²) in [5, 5.41) is 7.17. The third-order valence-electron chi connectivity index (χ3n) is 3.08. The Morgan fingerprint density at radius 2 is 1.76 bits per heavy atom.